The number of carbonyl (C=O) groups is 1. The van der Waals surface area contributed by atoms with E-state index in [1.54, 1.807) is 18.2 Å². The number of carboxylic acids is 1. The van der Waals surface area contributed by atoms with Gasteiger partial charge in [0.2, 0.25) is 0 Å². The number of hydrogen-bond acceptors (Lipinski definition) is 4. The third-order valence-corrected chi connectivity index (χ3v) is 2.75. The normalized spacial score (nSPS) is 23.1. The lowest BCUT2D eigenvalue weighted by molar-refractivity contribution is -0.144. The SMILES string of the molecule is COc1cccc2c1OCC(C(=O)O)C2N. The van der Waals surface area contributed by atoms with Crippen LogP contribution < -0.4 is 15.2 Å². The van der Waals surface area contributed by atoms with Crippen molar-refractivity contribution >= 4 is 5.97 Å². The molecule has 5 nitrogen and oxygen atoms in total. The number of para-hydroxylation sites is 1. The van der Waals surface area contributed by atoms with Gasteiger partial charge in [-0.05, 0) is 6.07 Å². The van der Waals surface area contributed by atoms with Crippen LogP contribution >= 0.6 is 0 Å². The number of benzene rings is 1. The molecule has 0 bridgehead atoms. The molecule has 3 N–H and O–H groups in total. The van der Waals surface area contributed by atoms with Gasteiger partial charge in [0.05, 0.1) is 13.2 Å². The zero-order valence-corrected chi connectivity index (χ0v) is 8.84. The van der Waals surface area contributed by atoms with Gasteiger partial charge in [0, 0.05) is 5.56 Å². The van der Waals surface area contributed by atoms with E-state index in [-0.39, 0.29) is 6.61 Å². The summed E-state index contributed by atoms with van der Waals surface area (Å²) in [4.78, 5) is 10.9. The average Bonchev–Trinajstić information content (AvgIpc) is 2.28. The van der Waals surface area contributed by atoms with Crippen LogP contribution in [0.5, 0.6) is 11.5 Å². The minimum Gasteiger partial charge on any atom is -0.493 e. The van der Waals surface area contributed by atoms with Crippen molar-refractivity contribution in [2.75, 3.05) is 13.7 Å². The maximum absolute atomic E-state index is 10.9. The Labute approximate surface area is 92.8 Å². The van der Waals surface area contributed by atoms with Crippen molar-refractivity contribution in [1.29, 1.82) is 0 Å². The molecule has 0 saturated carbocycles. The van der Waals surface area contributed by atoms with Crippen molar-refractivity contribution in [2.24, 2.45) is 11.7 Å². The summed E-state index contributed by atoms with van der Waals surface area (Å²) in [6.07, 6.45) is 0. The van der Waals surface area contributed by atoms with Gasteiger partial charge in [0.25, 0.3) is 0 Å². The molecule has 1 heterocycles. The molecule has 1 aromatic carbocycles. The van der Waals surface area contributed by atoms with E-state index in [1.807, 2.05) is 0 Å². The predicted octanol–water partition coefficient (Wildman–Crippen LogP) is 0.788. The van der Waals surface area contributed by atoms with Gasteiger partial charge >= 0.3 is 5.97 Å². The highest BCUT2D eigenvalue weighted by atomic mass is 16.5. The molecule has 1 aliphatic rings. The lowest BCUT2D eigenvalue weighted by Gasteiger charge is -2.29. The number of rotatable bonds is 2. The van der Waals surface area contributed by atoms with Gasteiger partial charge in [-0.25, -0.2) is 0 Å². The van der Waals surface area contributed by atoms with Gasteiger partial charge in [-0.1, -0.05) is 12.1 Å². The van der Waals surface area contributed by atoms with Gasteiger partial charge in [-0.15, -0.1) is 0 Å². The summed E-state index contributed by atoms with van der Waals surface area (Å²) in [5.74, 6) is -0.521. The van der Waals surface area contributed by atoms with Crippen LogP contribution in [0.3, 0.4) is 0 Å². The molecule has 86 valence electrons. The highest BCUT2D eigenvalue weighted by Gasteiger charge is 2.34. The van der Waals surface area contributed by atoms with Gasteiger partial charge in [-0.2, -0.15) is 0 Å². The van der Waals surface area contributed by atoms with E-state index < -0.39 is 17.9 Å². The monoisotopic (exact) mass is 223 g/mol. The average molecular weight is 223 g/mol. The molecule has 1 aliphatic heterocycles. The summed E-state index contributed by atoms with van der Waals surface area (Å²) >= 11 is 0. The second-order valence-corrected chi connectivity index (χ2v) is 3.66. The smallest absolute Gasteiger partial charge is 0.311 e. The zero-order chi connectivity index (χ0) is 11.7. The van der Waals surface area contributed by atoms with E-state index in [0.29, 0.717) is 17.1 Å². The highest BCUT2D eigenvalue weighted by Crippen LogP contribution is 2.40. The van der Waals surface area contributed by atoms with Crippen LogP contribution in [0.1, 0.15) is 11.6 Å². The fourth-order valence-electron chi connectivity index (χ4n) is 1.83. The number of nitrogens with two attached hydrogens (primary N) is 1. The van der Waals surface area contributed by atoms with Crippen LogP contribution in [0.25, 0.3) is 0 Å². The summed E-state index contributed by atoms with van der Waals surface area (Å²) < 4.78 is 10.5. The molecular formula is C11H13NO4. The lowest BCUT2D eigenvalue weighted by Crippen LogP contribution is -2.36. The third-order valence-electron chi connectivity index (χ3n) is 2.75. The molecule has 0 radical (unpaired) electrons. The standard InChI is InChI=1S/C11H13NO4/c1-15-8-4-2-3-6-9(12)7(11(13)14)5-16-10(6)8/h2-4,7,9H,5,12H2,1H3,(H,13,14). The van der Waals surface area contributed by atoms with Crippen LogP contribution in [0.15, 0.2) is 18.2 Å². The molecule has 0 aromatic heterocycles. The molecule has 16 heavy (non-hydrogen) atoms. The summed E-state index contributed by atoms with van der Waals surface area (Å²) in [6, 6.07) is 4.73. The first kappa shape index (κ1) is 10.8. The Kier molecular flexibility index (Phi) is 2.70. The predicted molar refractivity (Wildman–Crippen MR) is 56.5 cm³/mol. The molecule has 0 aliphatic carbocycles. The first-order valence-corrected chi connectivity index (χ1v) is 4.93. The van der Waals surface area contributed by atoms with Crippen molar-refractivity contribution in [1.82, 2.24) is 0 Å². The quantitative estimate of drug-likeness (QED) is 0.774. The van der Waals surface area contributed by atoms with E-state index in [0.717, 1.165) is 0 Å². The molecule has 2 atom stereocenters. The Bertz CT molecular complexity index is 418. The number of hydrogen-bond donors (Lipinski definition) is 2. The Morgan fingerprint density at radius 1 is 1.62 bits per heavy atom. The van der Waals surface area contributed by atoms with Gasteiger partial charge in [-0.3, -0.25) is 4.79 Å². The molecule has 2 unspecified atom stereocenters. The topological polar surface area (TPSA) is 81.8 Å². The van der Waals surface area contributed by atoms with E-state index in [1.165, 1.54) is 7.11 Å². The van der Waals surface area contributed by atoms with Gasteiger partial charge in [0.15, 0.2) is 11.5 Å². The van der Waals surface area contributed by atoms with Gasteiger partial charge in [0.1, 0.15) is 12.5 Å². The van der Waals surface area contributed by atoms with Gasteiger partial charge < -0.3 is 20.3 Å². The Balaban J connectivity index is 2.42. The first-order chi connectivity index (χ1) is 7.65. The Hall–Kier alpha value is -1.75. The van der Waals surface area contributed by atoms with Crippen LogP contribution in [0.2, 0.25) is 0 Å². The molecular weight excluding hydrogens is 210 g/mol. The van der Waals surface area contributed by atoms with Crippen molar-refractivity contribution in [2.45, 2.75) is 6.04 Å². The molecule has 0 amide bonds. The summed E-state index contributed by atoms with van der Waals surface area (Å²) in [5.41, 5.74) is 6.58. The fraction of sp³-hybridized carbons (Fsp3) is 0.364. The van der Waals surface area contributed by atoms with E-state index in [2.05, 4.69) is 0 Å². The van der Waals surface area contributed by atoms with Crippen molar-refractivity contribution in [3.05, 3.63) is 23.8 Å². The first-order valence-electron chi connectivity index (χ1n) is 4.93. The number of ether oxygens (including phenoxy) is 2. The third kappa shape index (κ3) is 1.59. The second-order valence-electron chi connectivity index (χ2n) is 3.66. The summed E-state index contributed by atoms with van der Waals surface area (Å²) in [7, 11) is 1.54. The lowest BCUT2D eigenvalue weighted by atomic mass is 9.91. The minimum absolute atomic E-state index is 0.0733. The maximum atomic E-state index is 10.9. The largest absolute Gasteiger partial charge is 0.493 e. The Morgan fingerprint density at radius 3 is 3.00 bits per heavy atom. The Morgan fingerprint density at radius 2 is 2.38 bits per heavy atom. The number of aliphatic carboxylic acids is 1. The molecule has 1 aromatic rings. The zero-order valence-electron chi connectivity index (χ0n) is 8.84. The van der Waals surface area contributed by atoms with Crippen molar-refractivity contribution in [3.8, 4) is 11.5 Å². The molecule has 0 spiro atoms. The molecule has 0 fully saturated rings. The summed E-state index contributed by atoms with van der Waals surface area (Å²) in [6.45, 7) is 0.0733. The minimum atomic E-state index is -0.944. The fourth-order valence-corrected chi connectivity index (χ4v) is 1.83. The van der Waals surface area contributed by atoms with Crippen LogP contribution in [-0.4, -0.2) is 24.8 Å². The van der Waals surface area contributed by atoms with E-state index in [4.69, 9.17) is 20.3 Å². The maximum Gasteiger partial charge on any atom is 0.311 e. The number of methoxy groups -OCH3 is 1. The second kappa shape index (κ2) is 4.02. The van der Waals surface area contributed by atoms with E-state index >= 15 is 0 Å². The van der Waals surface area contributed by atoms with Crippen LogP contribution in [-0.2, 0) is 4.79 Å². The van der Waals surface area contributed by atoms with Crippen molar-refractivity contribution < 1.29 is 19.4 Å². The van der Waals surface area contributed by atoms with Crippen LogP contribution in [0, 0.1) is 5.92 Å². The number of carboxylic acid groups (broad SMARTS) is 1. The summed E-state index contributed by atoms with van der Waals surface area (Å²) in [5, 5.41) is 8.97. The van der Waals surface area contributed by atoms with Crippen molar-refractivity contribution in [3.63, 3.8) is 0 Å². The van der Waals surface area contributed by atoms with E-state index in [9.17, 15) is 4.79 Å². The van der Waals surface area contributed by atoms with Crippen LogP contribution in [0.4, 0.5) is 0 Å². The molecule has 0 saturated heterocycles. The highest BCUT2D eigenvalue weighted by molar-refractivity contribution is 5.72. The molecule has 2 rings (SSSR count). The molecule has 5 heteroatoms. The number of fused-ring (bicyclic) bond motifs is 1.